The molecule has 1 N–H and O–H groups in total. The summed E-state index contributed by atoms with van der Waals surface area (Å²) in [5.41, 5.74) is 0.406. The topological polar surface area (TPSA) is 50.2 Å². The highest BCUT2D eigenvalue weighted by molar-refractivity contribution is 9.10. The third-order valence-corrected chi connectivity index (χ3v) is 1.72. The zero-order valence-electron chi connectivity index (χ0n) is 6.37. The van der Waals surface area contributed by atoms with E-state index >= 15 is 0 Å². The molecule has 5 heteroatoms. The van der Waals surface area contributed by atoms with Crippen LogP contribution in [0.25, 0.3) is 6.08 Å². The monoisotopic (exact) mass is 245 g/mol. The van der Waals surface area contributed by atoms with Crippen molar-refractivity contribution in [2.45, 2.75) is 0 Å². The number of hydrogen-bond donors (Lipinski definition) is 1. The van der Waals surface area contributed by atoms with Crippen LogP contribution in [0.2, 0.25) is 0 Å². The standard InChI is InChI=1S/C8H5BrFNO2/c9-7-2-1-5(4-11-7)3-6(10)8(12)13/h1-4H,(H,12,13)/b6-3-. The van der Waals surface area contributed by atoms with Gasteiger partial charge in [-0.25, -0.2) is 9.78 Å². The van der Waals surface area contributed by atoms with Crippen LogP contribution in [0, 0.1) is 0 Å². The lowest BCUT2D eigenvalue weighted by Crippen LogP contribution is -1.94. The predicted molar refractivity (Wildman–Crippen MR) is 48.7 cm³/mol. The molecule has 0 aromatic carbocycles. The lowest BCUT2D eigenvalue weighted by atomic mass is 10.2. The maximum Gasteiger partial charge on any atom is 0.364 e. The van der Waals surface area contributed by atoms with Crippen molar-refractivity contribution in [2.24, 2.45) is 0 Å². The summed E-state index contributed by atoms with van der Waals surface area (Å²) in [4.78, 5) is 13.9. The lowest BCUT2D eigenvalue weighted by Gasteiger charge is -1.92. The second-order valence-electron chi connectivity index (χ2n) is 2.21. The number of halogens is 2. The molecule has 68 valence electrons. The van der Waals surface area contributed by atoms with Gasteiger partial charge in [-0.05, 0) is 33.6 Å². The highest BCUT2D eigenvalue weighted by Crippen LogP contribution is 2.10. The Kier molecular flexibility index (Phi) is 3.13. The molecule has 0 radical (unpaired) electrons. The first-order valence-electron chi connectivity index (χ1n) is 3.31. The number of aliphatic carboxylic acids is 1. The first-order chi connectivity index (χ1) is 6.09. The Labute approximate surface area is 82.0 Å². The van der Waals surface area contributed by atoms with Crippen LogP contribution >= 0.6 is 15.9 Å². The van der Waals surface area contributed by atoms with Gasteiger partial charge in [-0.2, -0.15) is 4.39 Å². The maximum atomic E-state index is 12.5. The molecule has 3 nitrogen and oxygen atoms in total. The summed E-state index contributed by atoms with van der Waals surface area (Å²) in [6.07, 6.45) is 2.27. The van der Waals surface area contributed by atoms with E-state index in [-0.39, 0.29) is 0 Å². The van der Waals surface area contributed by atoms with E-state index in [1.54, 1.807) is 12.1 Å². The SMILES string of the molecule is O=C(O)/C(F)=C/c1ccc(Br)nc1. The van der Waals surface area contributed by atoms with Crippen LogP contribution in [0.15, 0.2) is 28.8 Å². The summed E-state index contributed by atoms with van der Waals surface area (Å²) in [7, 11) is 0. The summed E-state index contributed by atoms with van der Waals surface area (Å²) in [5, 5.41) is 8.22. The Morgan fingerprint density at radius 1 is 1.62 bits per heavy atom. The maximum absolute atomic E-state index is 12.5. The van der Waals surface area contributed by atoms with Gasteiger partial charge in [-0.1, -0.05) is 6.07 Å². The summed E-state index contributed by atoms with van der Waals surface area (Å²) in [5.74, 6) is -2.79. The van der Waals surface area contributed by atoms with Gasteiger partial charge < -0.3 is 5.11 Å². The fourth-order valence-corrected chi connectivity index (χ4v) is 0.915. The van der Waals surface area contributed by atoms with Gasteiger partial charge in [-0.3, -0.25) is 0 Å². The Hall–Kier alpha value is -1.23. The number of carboxylic acids is 1. The summed E-state index contributed by atoms with van der Waals surface area (Å²) >= 11 is 3.10. The number of aromatic nitrogens is 1. The van der Waals surface area contributed by atoms with Crippen molar-refractivity contribution in [2.75, 3.05) is 0 Å². The Morgan fingerprint density at radius 2 is 2.31 bits per heavy atom. The van der Waals surface area contributed by atoms with Gasteiger partial charge in [0.2, 0.25) is 5.83 Å². The molecule has 0 aliphatic rings. The van der Waals surface area contributed by atoms with Gasteiger partial charge in [0.25, 0.3) is 0 Å². The van der Waals surface area contributed by atoms with E-state index in [2.05, 4.69) is 20.9 Å². The van der Waals surface area contributed by atoms with Crippen molar-refractivity contribution in [1.82, 2.24) is 4.98 Å². The van der Waals surface area contributed by atoms with Crippen molar-refractivity contribution < 1.29 is 14.3 Å². The first-order valence-corrected chi connectivity index (χ1v) is 4.11. The molecule has 0 spiro atoms. The number of carboxylic acid groups (broad SMARTS) is 1. The molecule has 1 heterocycles. The van der Waals surface area contributed by atoms with Crippen molar-refractivity contribution >= 4 is 28.0 Å². The predicted octanol–water partition coefficient (Wildman–Crippen LogP) is 2.24. The van der Waals surface area contributed by atoms with Crippen LogP contribution in [-0.2, 0) is 4.79 Å². The Balaban J connectivity index is 2.92. The average molecular weight is 246 g/mol. The van der Waals surface area contributed by atoms with Crippen LogP contribution in [-0.4, -0.2) is 16.1 Å². The number of nitrogens with zero attached hydrogens (tertiary/aromatic N) is 1. The molecule has 0 atom stereocenters. The van der Waals surface area contributed by atoms with E-state index < -0.39 is 11.8 Å². The zero-order valence-corrected chi connectivity index (χ0v) is 7.95. The minimum Gasteiger partial charge on any atom is -0.476 e. The van der Waals surface area contributed by atoms with Crippen LogP contribution in [0.4, 0.5) is 4.39 Å². The van der Waals surface area contributed by atoms with Crippen molar-refractivity contribution in [1.29, 1.82) is 0 Å². The summed E-state index contributed by atoms with van der Waals surface area (Å²) in [6.45, 7) is 0. The van der Waals surface area contributed by atoms with Gasteiger partial charge in [-0.15, -0.1) is 0 Å². The third kappa shape index (κ3) is 2.95. The van der Waals surface area contributed by atoms with E-state index in [0.29, 0.717) is 10.2 Å². The van der Waals surface area contributed by atoms with Crippen LogP contribution in [0.1, 0.15) is 5.56 Å². The van der Waals surface area contributed by atoms with Crippen molar-refractivity contribution in [3.63, 3.8) is 0 Å². The van der Waals surface area contributed by atoms with E-state index in [0.717, 1.165) is 6.08 Å². The fraction of sp³-hybridized carbons (Fsp3) is 0. The van der Waals surface area contributed by atoms with E-state index in [1.807, 2.05) is 0 Å². The molecule has 1 aromatic rings. The molecule has 13 heavy (non-hydrogen) atoms. The van der Waals surface area contributed by atoms with Gasteiger partial charge in [0.05, 0.1) is 0 Å². The quantitative estimate of drug-likeness (QED) is 0.643. The first kappa shape index (κ1) is 9.85. The van der Waals surface area contributed by atoms with Gasteiger partial charge in [0, 0.05) is 6.20 Å². The number of hydrogen-bond acceptors (Lipinski definition) is 2. The molecule has 0 aliphatic carbocycles. The second kappa shape index (κ2) is 4.13. The zero-order chi connectivity index (χ0) is 9.84. The van der Waals surface area contributed by atoms with Crippen molar-refractivity contribution in [3.05, 3.63) is 34.3 Å². The van der Waals surface area contributed by atoms with Crippen LogP contribution < -0.4 is 0 Å². The molecule has 0 saturated heterocycles. The van der Waals surface area contributed by atoms with Gasteiger partial charge in [0.15, 0.2) is 0 Å². The molecule has 0 amide bonds. The molecule has 1 aromatic heterocycles. The van der Waals surface area contributed by atoms with Gasteiger partial charge >= 0.3 is 5.97 Å². The van der Waals surface area contributed by atoms with Crippen LogP contribution in [0.3, 0.4) is 0 Å². The third-order valence-electron chi connectivity index (χ3n) is 1.25. The van der Waals surface area contributed by atoms with Crippen LogP contribution in [0.5, 0.6) is 0 Å². The smallest absolute Gasteiger partial charge is 0.364 e. The normalized spacial score (nSPS) is 11.4. The average Bonchev–Trinajstić information content (AvgIpc) is 2.08. The summed E-state index contributed by atoms with van der Waals surface area (Å²) < 4.78 is 13.1. The largest absolute Gasteiger partial charge is 0.476 e. The lowest BCUT2D eigenvalue weighted by molar-refractivity contribution is -0.134. The fourth-order valence-electron chi connectivity index (χ4n) is 0.681. The molecular weight excluding hydrogens is 241 g/mol. The highest BCUT2D eigenvalue weighted by atomic mass is 79.9. The van der Waals surface area contributed by atoms with E-state index in [4.69, 9.17) is 5.11 Å². The molecule has 0 aliphatic heterocycles. The number of rotatable bonds is 2. The Morgan fingerprint density at radius 3 is 2.77 bits per heavy atom. The van der Waals surface area contributed by atoms with Crippen molar-refractivity contribution in [3.8, 4) is 0 Å². The molecular formula is C8H5BrFNO2. The molecule has 0 bridgehead atoms. The molecule has 0 saturated carbocycles. The molecule has 0 fully saturated rings. The number of carbonyl (C=O) groups is 1. The van der Waals surface area contributed by atoms with Gasteiger partial charge in [0.1, 0.15) is 4.60 Å². The Bertz CT molecular complexity index is 348. The second-order valence-corrected chi connectivity index (χ2v) is 3.02. The highest BCUT2D eigenvalue weighted by Gasteiger charge is 2.04. The van der Waals surface area contributed by atoms with E-state index in [1.165, 1.54) is 6.20 Å². The number of pyridine rings is 1. The minimum absolute atomic E-state index is 0.406. The van der Waals surface area contributed by atoms with E-state index in [9.17, 15) is 9.18 Å². The molecule has 0 unspecified atom stereocenters. The minimum atomic E-state index is -1.58. The molecule has 1 rings (SSSR count). The summed E-state index contributed by atoms with van der Waals surface area (Å²) in [6, 6.07) is 3.15.